The Morgan fingerprint density at radius 1 is 1.29 bits per heavy atom. The SMILES string of the molecule is Cc1nn(-c2ccccc2)c(Cl)c1S(=O)(=O)O. The second-order valence-corrected chi connectivity index (χ2v) is 5.14. The lowest BCUT2D eigenvalue weighted by molar-refractivity contribution is 0.482. The van der Waals surface area contributed by atoms with Crippen molar-refractivity contribution >= 4 is 21.7 Å². The van der Waals surface area contributed by atoms with Crippen LogP contribution in [0.15, 0.2) is 35.2 Å². The molecule has 0 saturated carbocycles. The van der Waals surface area contributed by atoms with Crippen LogP contribution in [0.2, 0.25) is 5.15 Å². The molecule has 2 rings (SSSR count). The van der Waals surface area contributed by atoms with Gasteiger partial charge in [-0.2, -0.15) is 13.5 Å². The number of nitrogens with zero attached hydrogens (tertiary/aromatic N) is 2. The minimum absolute atomic E-state index is 0.129. The standard InChI is InChI=1S/C10H9ClN2O3S/c1-7-9(17(14,15)16)10(11)13(12-7)8-5-3-2-4-6-8/h2-6H,1H3,(H,14,15,16). The van der Waals surface area contributed by atoms with Gasteiger partial charge in [0, 0.05) is 0 Å². The van der Waals surface area contributed by atoms with Crippen molar-refractivity contribution in [2.75, 3.05) is 0 Å². The quantitative estimate of drug-likeness (QED) is 0.850. The summed E-state index contributed by atoms with van der Waals surface area (Å²) in [5.41, 5.74) is 0.775. The molecule has 7 heteroatoms. The van der Waals surface area contributed by atoms with Crippen LogP contribution < -0.4 is 0 Å². The summed E-state index contributed by atoms with van der Waals surface area (Å²) in [5, 5.41) is 3.86. The van der Waals surface area contributed by atoms with Gasteiger partial charge in [0.15, 0.2) is 10.0 Å². The van der Waals surface area contributed by atoms with Gasteiger partial charge < -0.3 is 0 Å². The van der Waals surface area contributed by atoms with Crippen molar-refractivity contribution < 1.29 is 13.0 Å². The molecule has 0 radical (unpaired) electrons. The Morgan fingerprint density at radius 2 is 1.88 bits per heavy atom. The molecule has 1 heterocycles. The Morgan fingerprint density at radius 3 is 2.35 bits per heavy atom. The fraction of sp³-hybridized carbons (Fsp3) is 0.100. The van der Waals surface area contributed by atoms with Gasteiger partial charge in [0.05, 0.1) is 11.4 Å². The first kappa shape index (κ1) is 12.1. The number of aryl methyl sites for hydroxylation is 1. The molecule has 5 nitrogen and oxygen atoms in total. The lowest BCUT2D eigenvalue weighted by atomic mass is 10.3. The van der Waals surface area contributed by atoms with Gasteiger partial charge in [-0.25, -0.2) is 4.68 Å². The van der Waals surface area contributed by atoms with E-state index in [1.807, 2.05) is 6.07 Å². The molecule has 0 atom stereocenters. The van der Waals surface area contributed by atoms with Crippen molar-refractivity contribution in [3.05, 3.63) is 41.2 Å². The van der Waals surface area contributed by atoms with Gasteiger partial charge in [0.2, 0.25) is 0 Å². The van der Waals surface area contributed by atoms with Crippen molar-refractivity contribution in [1.29, 1.82) is 0 Å². The van der Waals surface area contributed by atoms with E-state index < -0.39 is 10.1 Å². The van der Waals surface area contributed by atoms with Crippen LogP contribution in [0.1, 0.15) is 5.69 Å². The first-order valence-corrected chi connectivity index (χ1v) is 6.51. The van der Waals surface area contributed by atoms with Crippen LogP contribution in [0, 0.1) is 6.92 Å². The Labute approximate surface area is 103 Å². The zero-order valence-electron chi connectivity index (χ0n) is 8.83. The summed E-state index contributed by atoms with van der Waals surface area (Å²) in [5.74, 6) is 0. The summed E-state index contributed by atoms with van der Waals surface area (Å²) < 4.78 is 32.6. The highest BCUT2D eigenvalue weighted by atomic mass is 35.5. The highest BCUT2D eigenvalue weighted by Gasteiger charge is 2.24. The van der Waals surface area contributed by atoms with Gasteiger partial charge in [-0.3, -0.25) is 4.55 Å². The molecular weight excluding hydrogens is 264 g/mol. The van der Waals surface area contributed by atoms with Crippen molar-refractivity contribution in [3.8, 4) is 5.69 Å². The van der Waals surface area contributed by atoms with E-state index in [0.717, 1.165) is 0 Å². The average Bonchev–Trinajstić information content (AvgIpc) is 2.54. The molecule has 0 amide bonds. The zero-order chi connectivity index (χ0) is 12.6. The summed E-state index contributed by atoms with van der Waals surface area (Å²) >= 11 is 5.91. The Kier molecular flexibility index (Phi) is 2.94. The summed E-state index contributed by atoms with van der Waals surface area (Å²) in [6.07, 6.45) is 0. The molecule has 90 valence electrons. The maximum absolute atomic E-state index is 11.1. The summed E-state index contributed by atoms with van der Waals surface area (Å²) in [6.45, 7) is 1.47. The van der Waals surface area contributed by atoms with Gasteiger partial charge in [0.25, 0.3) is 10.1 Å². The summed E-state index contributed by atoms with van der Waals surface area (Å²) in [7, 11) is -4.37. The number of benzene rings is 1. The Bertz CT molecular complexity index is 650. The van der Waals surface area contributed by atoms with Gasteiger partial charge in [0.1, 0.15) is 0 Å². The number of aromatic nitrogens is 2. The monoisotopic (exact) mass is 272 g/mol. The largest absolute Gasteiger partial charge is 0.299 e. The van der Waals surface area contributed by atoms with Crippen LogP contribution in [0.25, 0.3) is 5.69 Å². The Balaban J connectivity index is 2.69. The van der Waals surface area contributed by atoms with Gasteiger partial charge >= 0.3 is 0 Å². The van der Waals surface area contributed by atoms with Crippen LogP contribution in [-0.4, -0.2) is 22.8 Å². The molecule has 0 spiro atoms. The third kappa shape index (κ3) is 2.19. The molecule has 1 aromatic heterocycles. The molecule has 1 N–H and O–H groups in total. The smallest absolute Gasteiger partial charge is 0.282 e. The van der Waals surface area contributed by atoms with Gasteiger partial charge in [-0.15, -0.1) is 0 Å². The molecule has 1 aromatic carbocycles. The van der Waals surface area contributed by atoms with Crippen molar-refractivity contribution in [2.24, 2.45) is 0 Å². The highest BCUT2D eigenvalue weighted by Crippen LogP contribution is 2.27. The lowest BCUT2D eigenvalue weighted by Gasteiger charge is -2.01. The van der Waals surface area contributed by atoms with E-state index in [2.05, 4.69) is 5.10 Å². The third-order valence-electron chi connectivity index (χ3n) is 2.21. The molecule has 0 bridgehead atoms. The van der Waals surface area contributed by atoms with E-state index in [0.29, 0.717) is 5.69 Å². The molecule has 2 aromatic rings. The van der Waals surface area contributed by atoms with Crippen LogP contribution in [-0.2, 0) is 10.1 Å². The molecule has 0 unspecified atom stereocenters. The minimum atomic E-state index is -4.37. The van der Waals surface area contributed by atoms with E-state index in [1.54, 1.807) is 24.3 Å². The van der Waals surface area contributed by atoms with E-state index in [-0.39, 0.29) is 15.7 Å². The molecule has 0 aliphatic heterocycles. The fourth-order valence-corrected chi connectivity index (χ4v) is 2.80. The normalized spacial score (nSPS) is 11.7. The number of rotatable bonds is 2. The average molecular weight is 273 g/mol. The minimum Gasteiger partial charge on any atom is -0.282 e. The predicted molar refractivity (Wildman–Crippen MR) is 63.1 cm³/mol. The summed E-state index contributed by atoms with van der Waals surface area (Å²) in [4.78, 5) is -0.358. The van der Waals surface area contributed by atoms with Crippen LogP contribution in [0.5, 0.6) is 0 Å². The lowest BCUT2D eigenvalue weighted by Crippen LogP contribution is -2.00. The second-order valence-electron chi connectivity index (χ2n) is 3.43. The Hall–Kier alpha value is -1.37. The predicted octanol–water partition coefficient (Wildman–Crippen LogP) is 2.08. The van der Waals surface area contributed by atoms with E-state index >= 15 is 0 Å². The maximum Gasteiger partial charge on any atom is 0.299 e. The molecule has 0 saturated heterocycles. The second kappa shape index (κ2) is 4.14. The van der Waals surface area contributed by atoms with Crippen LogP contribution >= 0.6 is 11.6 Å². The summed E-state index contributed by atoms with van der Waals surface area (Å²) in [6, 6.07) is 8.82. The van der Waals surface area contributed by atoms with Crippen LogP contribution in [0.4, 0.5) is 0 Å². The van der Waals surface area contributed by atoms with E-state index in [1.165, 1.54) is 11.6 Å². The van der Waals surface area contributed by atoms with Crippen LogP contribution in [0.3, 0.4) is 0 Å². The third-order valence-corrected chi connectivity index (χ3v) is 3.68. The van der Waals surface area contributed by atoms with Gasteiger partial charge in [-0.05, 0) is 19.1 Å². The number of para-hydroxylation sites is 1. The zero-order valence-corrected chi connectivity index (χ0v) is 10.4. The maximum atomic E-state index is 11.1. The van der Waals surface area contributed by atoms with Crippen molar-refractivity contribution in [2.45, 2.75) is 11.8 Å². The number of hydrogen-bond acceptors (Lipinski definition) is 3. The van der Waals surface area contributed by atoms with Crippen molar-refractivity contribution in [3.63, 3.8) is 0 Å². The number of halogens is 1. The highest BCUT2D eigenvalue weighted by molar-refractivity contribution is 7.86. The van der Waals surface area contributed by atoms with E-state index in [9.17, 15) is 8.42 Å². The topological polar surface area (TPSA) is 72.2 Å². The molecule has 0 aliphatic carbocycles. The molecule has 0 fully saturated rings. The molecule has 17 heavy (non-hydrogen) atoms. The van der Waals surface area contributed by atoms with E-state index in [4.69, 9.17) is 16.2 Å². The molecule has 0 aliphatic rings. The first-order chi connectivity index (χ1) is 7.91. The van der Waals surface area contributed by atoms with Crippen molar-refractivity contribution in [1.82, 2.24) is 9.78 Å². The fourth-order valence-electron chi connectivity index (χ4n) is 1.52. The number of hydrogen-bond donors (Lipinski definition) is 1. The van der Waals surface area contributed by atoms with Gasteiger partial charge in [-0.1, -0.05) is 29.8 Å². The molecular formula is C10H9ClN2O3S. The first-order valence-electron chi connectivity index (χ1n) is 4.69.